The summed E-state index contributed by atoms with van der Waals surface area (Å²) in [6, 6.07) is 16.7. The fourth-order valence-corrected chi connectivity index (χ4v) is 6.65. The molecule has 2 saturated heterocycles. The molecule has 0 N–H and O–H groups in total. The zero-order valence-electron chi connectivity index (χ0n) is 21.2. The molecule has 0 saturated carbocycles. The van der Waals surface area contributed by atoms with Gasteiger partial charge in [0.05, 0.1) is 11.5 Å². The highest BCUT2D eigenvalue weighted by Gasteiger charge is 2.28. The van der Waals surface area contributed by atoms with Crippen LogP contribution in [0.5, 0.6) is 0 Å². The molecule has 192 valence electrons. The molecule has 35 heavy (non-hydrogen) atoms. The number of benzene rings is 2. The summed E-state index contributed by atoms with van der Waals surface area (Å²) >= 11 is 0. The Morgan fingerprint density at radius 2 is 1.66 bits per heavy atom. The van der Waals surface area contributed by atoms with Crippen molar-refractivity contribution < 1.29 is 17.9 Å². The summed E-state index contributed by atoms with van der Waals surface area (Å²) in [5.74, 6) is 0.321. The number of sulfonamides is 1. The molecule has 0 aromatic heterocycles. The normalized spacial score (nSPS) is 20.0. The van der Waals surface area contributed by atoms with Gasteiger partial charge in [-0.25, -0.2) is 8.42 Å². The minimum atomic E-state index is -3.59. The maximum Gasteiger partial charge on any atom is 0.243 e. The molecule has 0 aliphatic carbocycles. The standard InChI is InChI=1S/C28H40N2O4S/c1-23-4-3-16-29(23)17-13-24-5-7-26(8-6-24)27-9-11-28(12-10-27)35(31,32)30(18-21-33-2)22-25-14-19-34-20-15-25/h5-12,23,25H,3-4,13-22H2,1-2H3. The largest absolute Gasteiger partial charge is 0.383 e. The van der Waals surface area contributed by atoms with Crippen LogP contribution in [-0.2, 0) is 25.9 Å². The molecular weight excluding hydrogens is 460 g/mol. The van der Waals surface area contributed by atoms with Gasteiger partial charge in [-0.05, 0) is 80.3 Å². The quantitative estimate of drug-likeness (QED) is 0.456. The van der Waals surface area contributed by atoms with Crippen molar-refractivity contribution in [3.63, 3.8) is 0 Å². The smallest absolute Gasteiger partial charge is 0.243 e. The minimum absolute atomic E-state index is 0.321. The Hall–Kier alpha value is -1.77. The highest BCUT2D eigenvalue weighted by Crippen LogP contribution is 2.26. The van der Waals surface area contributed by atoms with Crippen LogP contribution in [0.15, 0.2) is 53.4 Å². The fraction of sp³-hybridized carbons (Fsp3) is 0.571. The van der Waals surface area contributed by atoms with Gasteiger partial charge in [-0.3, -0.25) is 0 Å². The maximum absolute atomic E-state index is 13.4. The molecule has 4 rings (SSSR count). The molecule has 0 bridgehead atoms. The number of likely N-dealkylation sites (tertiary alicyclic amines) is 1. The Bertz CT molecular complexity index is 1020. The summed E-state index contributed by atoms with van der Waals surface area (Å²) < 4.78 is 39.1. The van der Waals surface area contributed by atoms with Gasteiger partial charge in [0.15, 0.2) is 0 Å². The molecule has 2 aliphatic heterocycles. The molecule has 2 aliphatic rings. The zero-order chi connectivity index (χ0) is 24.7. The van der Waals surface area contributed by atoms with Crippen LogP contribution in [0.25, 0.3) is 11.1 Å². The summed E-state index contributed by atoms with van der Waals surface area (Å²) in [6.07, 6.45) is 5.47. The van der Waals surface area contributed by atoms with E-state index in [9.17, 15) is 8.42 Å². The lowest BCUT2D eigenvalue weighted by molar-refractivity contribution is 0.0586. The summed E-state index contributed by atoms with van der Waals surface area (Å²) in [7, 11) is -1.99. The van der Waals surface area contributed by atoms with Crippen LogP contribution in [0, 0.1) is 5.92 Å². The molecule has 2 heterocycles. The summed E-state index contributed by atoms with van der Waals surface area (Å²) in [5, 5.41) is 0. The molecule has 1 unspecified atom stereocenters. The molecule has 1 atom stereocenters. The molecule has 2 fully saturated rings. The minimum Gasteiger partial charge on any atom is -0.383 e. The van der Waals surface area contributed by atoms with Crippen LogP contribution >= 0.6 is 0 Å². The second-order valence-corrected chi connectivity index (χ2v) is 11.8. The summed E-state index contributed by atoms with van der Waals surface area (Å²) in [6.45, 7) is 7.30. The first-order valence-corrected chi connectivity index (χ1v) is 14.4. The highest BCUT2D eigenvalue weighted by atomic mass is 32.2. The van der Waals surface area contributed by atoms with Crippen LogP contribution in [0.4, 0.5) is 0 Å². The number of rotatable bonds is 11. The van der Waals surface area contributed by atoms with E-state index in [0.717, 1.165) is 36.9 Å². The van der Waals surface area contributed by atoms with Crippen LogP contribution in [0.2, 0.25) is 0 Å². The molecular formula is C28H40N2O4S. The molecule has 7 heteroatoms. The predicted molar refractivity (Wildman–Crippen MR) is 140 cm³/mol. The van der Waals surface area contributed by atoms with E-state index in [4.69, 9.17) is 9.47 Å². The van der Waals surface area contributed by atoms with E-state index in [1.807, 2.05) is 12.1 Å². The molecule has 0 spiro atoms. The van der Waals surface area contributed by atoms with Crippen LogP contribution in [0.3, 0.4) is 0 Å². The monoisotopic (exact) mass is 500 g/mol. The van der Waals surface area contributed by atoms with Gasteiger partial charge in [0.2, 0.25) is 10.0 Å². The Morgan fingerprint density at radius 1 is 1.00 bits per heavy atom. The van der Waals surface area contributed by atoms with Crippen LogP contribution in [0.1, 0.15) is 38.2 Å². The van der Waals surface area contributed by atoms with Crippen molar-refractivity contribution in [3.8, 4) is 11.1 Å². The van der Waals surface area contributed by atoms with Crippen LogP contribution < -0.4 is 0 Å². The van der Waals surface area contributed by atoms with Gasteiger partial charge >= 0.3 is 0 Å². The first-order chi connectivity index (χ1) is 17.0. The first-order valence-electron chi connectivity index (χ1n) is 13.0. The van der Waals surface area contributed by atoms with Crippen molar-refractivity contribution in [3.05, 3.63) is 54.1 Å². The van der Waals surface area contributed by atoms with E-state index < -0.39 is 10.0 Å². The van der Waals surface area contributed by atoms with E-state index in [2.05, 4.69) is 36.1 Å². The topological polar surface area (TPSA) is 59.1 Å². The van der Waals surface area contributed by atoms with Gasteiger partial charge < -0.3 is 14.4 Å². The fourth-order valence-electron chi connectivity index (χ4n) is 5.15. The lowest BCUT2D eigenvalue weighted by Gasteiger charge is -2.29. The third-order valence-corrected chi connectivity index (χ3v) is 9.38. The molecule has 0 amide bonds. The van der Waals surface area contributed by atoms with Crippen molar-refractivity contribution >= 4 is 10.0 Å². The van der Waals surface area contributed by atoms with E-state index in [1.54, 1.807) is 23.5 Å². The van der Waals surface area contributed by atoms with Crippen molar-refractivity contribution in [2.24, 2.45) is 5.92 Å². The second kappa shape index (κ2) is 12.5. The van der Waals surface area contributed by atoms with Gasteiger partial charge in [0.25, 0.3) is 0 Å². The van der Waals surface area contributed by atoms with Crippen molar-refractivity contribution in [2.75, 3.05) is 53.1 Å². The number of hydrogen-bond acceptors (Lipinski definition) is 5. The Labute approximate surface area is 211 Å². The lowest BCUT2D eigenvalue weighted by Crippen LogP contribution is -2.39. The summed E-state index contributed by atoms with van der Waals surface area (Å²) in [5.41, 5.74) is 3.47. The second-order valence-electron chi connectivity index (χ2n) is 9.91. The lowest BCUT2D eigenvalue weighted by atomic mass is 10.0. The van der Waals surface area contributed by atoms with E-state index >= 15 is 0 Å². The van der Waals surface area contributed by atoms with Crippen LogP contribution in [-0.4, -0.2) is 76.8 Å². The maximum atomic E-state index is 13.4. The number of methoxy groups -OCH3 is 1. The van der Waals surface area contributed by atoms with Gasteiger partial charge in [-0.2, -0.15) is 4.31 Å². The van der Waals surface area contributed by atoms with Gasteiger partial charge in [-0.1, -0.05) is 36.4 Å². The third kappa shape index (κ3) is 6.92. The van der Waals surface area contributed by atoms with Gasteiger partial charge in [0, 0.05) is 46.0 Å². The number of ether oxygens (including phenoxy) is 2. The predicted octanol–water partition coefficient (Wildman–Crippen LogP) is 4.44. The Balaban J connectivity index is 1.41. The molecule has 0 radical (unpaired) electrons. The van der Waals surface area contributed by atoms with E-state index in [0.29, 0.717) is 49.8 Å². The van der Waals surface area contributed by atoms with Crippen molar-refractivity contribution in [1.82, 2.24) is 9.21 Å². The Kier molecular flexibility index (Phi) is 9.36. The number of hydrogen-bond donors (Lipinski definition) is 0. The molecule has 2 aromatic rings. The Morgan fingerprint density at radius 3 is 2.26 bits per heavy atom. The SMILES string of the molecule is COCCN(CC1CCOCC1)S(=O)(=O)c1ccc(-c2ccc(CCN3CCCC3C)cc2)cc1. The average Bonchev–Trinajstić information content (AvgIpc) is 3.30. The zero-order valence-corrected chi connectivity index (χ0v) is 22.0. The van der Waals surface area contributed by atoms with Crippen molar-refractivity contribution in [1.29, 1.82) is 0 Å². The average molecular weight is 501 g/mol. The third-order valence-electron chi connectivity index (χ3n) is 7.51. The highest BCUT2D eigenvalue weighted by molar-refractivity contribution is 7.89. The molecule has 6 nitrogen and oxygen atoms in total. The number of nitrogens with zero attached hydrogens (tertiary/aromatic N) is 2. The first kappa shape index (κ1) is 26.3. The van der Waals surface area contributed by atoms with Gasteiger partial charge in [0.1, 0.15) is 0 Å². The summed E-state index contributed by atoms with van der Waals surface area (Å²) in [4.78, 5) is 2.91. The van der Waals surface area contributed by atoms with E-state index in [-0.39, 0.29) is 0 Å². The van der Waals surface area contributed by atoms with Crippen molar-refractivity contribution in [2.45, 2.75) is 50.0 Å². The van der Waals surface area contributed by atoms with Gasteiger partial charge in [-0.15, -0.1) is 0 Å². The molecule has 2 aromatic carbocycles. The van der Waals surface area contributed by atoms with E-state index in [1.165, 1.54) is 24.9 Å².